The molecule has 2 aromatic carbocycles. The van der Waals surface area contributed by atoms with Gasteiger partial charge in [-0.1, -0.05) is 30.3 Å². The van der Waals surface area contributed by atoms with Crippen LogP contribution >= 0.6 is 0 Å². The number of nitrogens with zero attached hydrogens (tertiary/aromatic N) is 1. The number of carbonyl (C=O) groups is 1. The van der Waals surface area contributed by atoms with E-state index in [0.717, 1.165) is 11.4 Å². The molecular weight excluding hydrogens is 272 g/mol. The van der Waals surface area contributed by atoms with Crippen molar-refractivity contribution < 1.29 is 4.79 Å². The third kappa shape index (κ3) is 3.14. The van der Waals surface area contributed by atoms with Gasteiger partial charge in [-0.25, -0.2) is 0 Å². The van der Waals surface area contributed by atoms with E-state index in [1.165, 1.54) is 18.4 Å². The van der Waals surface area contributed by atoms with Crippen LogP contribution < -0.4 is 10.2 Å². The van der Waals surface area contributed by atoms with Crippen molar-refractivity contribution in [3.8, 4) is 0 Å². The van der Waals surface area contributed by atoms with Gasteiger partial charge in [-0.15, -0.1) is 0 Å². The molecule has 0 saturated heterocycles. The van der Waals surface area contributed by atoms with Crippen LogP contribution in [-0.4, -0.2) is 19.0 Å². The molecule has 1 aliphatic carbocycles. The predicted molar refractivity (Wildman–Crippen MR) is 91.4 cm³/mol. The van der Waals surface area contributed by atoms with Crippen LogP contribution in [0.4, 0.5) is 11.4 Å². The summed E-state index contributed by atoms with van der Waals surface area (Å²) in [4.78, 5) is 13.0. The van der Waals surface area contributed by atoms with Crippen molar-refractivity contribution in [2.24, 2.45) is 0 Å². The Hall–Kier alpha value is -2.29. The van der Waals surface area contributed by atoms with Crippen LogP contribution in [0.15, 0.2) is 54.6 Å². The number of benzene rings is 2. The van der Waals surface area contributed by atoms with E-state index in [1.54, 1.807) is 18.9 Å². The lowest BCUT2D eigenvalue weighted by Gasteiger charge is -2.37. The average Bonchev–Trinajstić information content (AvgIpc) is 2.51. The Balaban J connectivity index is 1.54. The Morgan fingerprint density at radius 3 is 2.27 bits per heavy atom. The first kappa shape index (κ1) is 14.6. The Labute approximate surface area is 132 Å². The molecule has 0 unspecified atom stereocenters. The molecule has 1 fully saturated rings. The van der Waals surface area contributed by atoms with Crippen LogP contribution in [0.1, 0.15) is 31.2 Å². The molecule has 0 bridgehead atoms. The molecule has 0 spiro atoms. The number of anilines is 2. The van der Waals surface area contributed by atoms with Crippen LogP contribution in [-0.2, 0) is 4.79 Å². The number of hydrogen-bond acceptors (Lipinski definition) is 2. The highest BCUT2D eigenvalue weighted by Gasteiger charge is 2.29. The van der Waals surface area contributed by atoms with Gasteiger partial charge in [-0.05, 0) is 48.6 Å². The summed E-state index contributed by atoms with van der Waals surface area (Å²) < 4.78 is 0. The molecule has 1 amide bonds. The van der Waals surface area contributed by atoms with E-state index in [1.807, 2.05) is 24.3 Å². The summed E-state index contributed by atoms with van der Waals surface area (Å²) in [6.45, 7) is 1.57. The van der Waals surface area contributed by atoms with E-state index in [-0.39, 0.29) is 5.91 Å². The van der Waals surface area contributed by atoms with Crippen molar-refractivity contribution in [3.63, 3.8) is 0 Å². The van der Waals surface area contributed by atoms with Crippen LogP contribution in [0, 0.1) is 0 Å². The maximum Gasteiger partial charge on any atom is 0.223 e. The molecule has 114 valence electrons. The van der Waals surface area contributed by atoms with Crippen molar-refractivity contribution in [1.82, 2.24) is 0 Å². The Morgan fingerprint density at radius 1 is 1.05 bits per heavy atom. The van der Waals surface area contributed by atoms with Gasteiger partial charge in [0, 0.05) is 31.4 Å². The summed E-state index contributed by atoms with van der Waals surface area (Å²) in [5.74, 6) is 0.729. The SMILES string of the molecule is CC(=O)N(C)c1ccc(NC2CC(c3ccccc3)C2)cc1. The highest BCUT2D eigenvalue weighted by Crippen LogP contribution is 2.38. The lowest BCUT2D eigenvalue weighted by atomic mass is 9.76. The molecule has 2 aromatic rings. The minimum Gasteiger partial charge on any atom is -0.382 e. The predicted octanol–water partition coefficient (Wildman–Crippen LogP) is 4.03. The Morgan fingerprint density at radius 2 is 1.68 bits per heavy atom. The molecule has 0 radical (unpaired) electrons. The van der Waals surface area contributed by atoms with E-state index in [2.05, 4.69) is 35.6 Å². The molecule has 0 heterocycles. The summed E-state index contributed by atoms with van der Waals surface area (Å²) in [5.41, 5.74) is 3.49. The first-order valence-electron chi connectivity index (χ1n) is 7.79. The zero-order valence-electron chi connectivity index (χ0n) is 13.1. The van der Waals surface area contributed by atoms with Gasteiger partial charge in [0.25, 0.3) is 0 Å². The molecule has 1 saturated carbocycles. The van der Waals surface area contributed by atoms with Crippen molar-refractivity contribution in [2.45, 2.75) is 31.7 Å². The first-order chi connectivity index (χ1) is 10.6. The molecule has 3 rings (SSSR count). The highest BCUT2D eigenvalue weighted by atomic mass is 16.2. The van der Waals surface area contributed by atoms with E-state index in [0.29, 0.717) is 12.0 Å². The van der Waals surface area contributed by atoms with Gasteiger partial charge in [0.1, 0.15) is 0 Å². The second kappa shape index (κ2) is 6.22. The molecule has 3 heteroatoms. The fourth-order valence-corrected chi connectivity index (χ4v) is 2.93. The molecule has 22 heavy (non-hydrogen) atoms. The second-order valence-corrected chi connectivity index (χ2v) is 6.05. The van der Waals surface area contributed by atoms with Gasteiger partial charge in [0.2, 0.25) is 5.91 Å². The van der Waals surface area contributed by atoms with Gasteiger partial charge in [-0.2, -0.15) is 0 Å². The minimum absolute atomic E-state index is 0.0467. The lowest BCUT2D eigenvalue weighted by Crippen LogP contribution is -2.33. The highest BCUT2D eigenvalue weighted by molar-refractivity contribution is 5.91. The number of hydrogen-bond donors (Lipinski definition) is 1. The molecular formula is C19H22N2O. The van der Waals surface area contributed by atoms with Crippen molar-refractivity contribution >= 4 is 17.3 Å². The monoisotopic (exact) mass is 294 g/mol. The van der Waals surface area contributed by atoms with E-state index in [4.69, 9.17) is 0 Å². The number of amides is 1. The third-order valence-corrected chi connectivity index (χ3v) is 4.51. The summed E-state index contributed by atoms with van der Waals surface area (Å²) in [5, 5.41) is 3.57. The normalized spacial score (nSPS) is 20.1. The van der Waals surface area contributed by atoms with E-state index in [9.17, 15) is 4.79 Å². The largest absolute Gasteiger partial charge is 0.382 e. The summed E-state index contributed by atoms with van der Waals surface area (Å²) in [6, 6.07) is 19.3. The maximum atomic E-state index is 11.3. The van der Waals surface area contributed by atoms with Crippen molar-refractivity contribution in [3.05, 3.63) is 60.2 Å². The van der Waals surface area contributed by atoms with Crippen LogP contribution in [0.2, 0.25) is 0 Å². The summed E-state index contributed by atoms with van der Waals surface area (Å²) >= 11 is 0. The van der Waals surface area contributed by atoms with Crippen molar-refractivity contribution in [1.29, 1.82) is 0 Å². The number of carbonyl (C=O) groups excluding carboxylic acids is 1. The molecule has 3 nitrogen and oxygen atoms in total. The maximum absolute atomic E-state index is 11.3. The molecule has 0 atom stereocenters. The zero-order valence-corrected chi connectivity index (χ0v) is 13.1. The average molecular weight is 294 g/mol. The fraction of sp³-hybridized carbons (Fsp3) is 0.316. The second-order valence-electron chi connectivity index (χ2n) is 6.05. The van der Waals surface area contributed by atoms with Crippen LogP contribution in [0.5, 0.6) is 0 Å². The Kier molecular flexibility index (Phi) is 4.14. The van der Waals surface area contributed by atoms with Gasteiger partial charge in [0.05, 0.1) is 0 Å². The Bertz CT molecular complexity index is 630. The zero-order chi connectivity index (χ0) is 15.5. The number of nitrogens with one attached hydrogen (secondary N) is 1. The number of rotatable bonds is 4. The molecule has 0 aliphatic heterocycles. The fourth-order valence-electron chi connectivity index (χ4n) is 2.93. The standard InChI is InChI=1S/C19H22N2O/c1-14(22)21(2)19-10-8-17(9-11-19)20-18-12-16(13-18)15-6-4-3-5-7-15/h3-11,16,18,20H,12-13H2,1-2H3. The van der Waals surface area contributed by atoms with E-state index < -0.39 is 0 Å². The van der Waals surface area contributed by atoms with Gasteiger partial charge < -0.3 is 10.2 Å². The molecule has 1 aliphatic rings. The van der Waals surface area contributed by atoms with Crippen LogP contribution in [0.25, 0.3) is 0 Å². The van der Waals surface area contributed by atoms with Gasteiger partial charge in [0.15, 0.2) is 0 Å². The lowest BCUT2D eigenvalue weighted by molar-refractivity contribution is -0.116. The summed E-state index contributed by atoms with van der Waals surface area (Å²) in [6.07, 6.45) is 2.36. The molecule has 1 N–H and O–H groups in total. The third-order valence-electron chi connectivity index (χ3n) is 4.51. The van der Waals surface area contributed by atoms with Crippen molar-refractivity contribution in [2.75, 3.05) is 17.3 Å². The summed E-state index contributed by atoms with van der Waals surface area (Å²) in [7, 11) is 1.79. The van der Waals surface area contributed by atoms with Gasteiger partial charge >= 0.3 is 0 Å². The topological polar surface area (TPSA) is 32.3 Å². The molecule has 0 aromatic heterocycles. The van der Waals surface area contributed by atoms with Crippen LogP contribution in [0.3, 0.4) is 0 Å². The quantitative estimate of drug-likeness (QED) is 0.923. The van der Waals surface area contributed by atoms with E-state index >= 15 is 0 Å². The van der Waals surface area contributed by atoms with Gasteiger partial charge in [-0.3, -0.25) is 4.79 Å². The first-order valence-corrected chi connectivity index (χ1v) is 7.79. The smallest absolute Gasteiger partial charge is 0.223 e. The minimum atomic E-state index is 0.0467.